The van der Waals surface area contributed by atoms with E-state index in [4.69, 9.17) is 9.73 Å². The topological polar surface area (TPSA) is 48.9 Å². The lowest BCUT2D eigenvalue weighted by Gasteiger charge is -2.38. The molecular formula is C18H33IN4OS. The van der Waals surface area contributed by atoms with Crippen molar-refractivity contribution in [1.29, 1.82) is 0 Å². The summed E-state index contributed by atoms with van der Waals surface area (Å²) in [5.74, 6) is 1.45. The molecule has 7 heteroatoms. The summed E-state index contributed by atoms with van der Waals surface area (Å²) in [6.07, 6.45) is 2.49. The molecule has 25 heavy (non-hydrogen) atoms. The molecule has 3 unspecified atom stereocenters. The van der Waals surface area contributed by atoms with Crippen LogP contribution in [-0.2, 0) is 4.74 Å². The van der Waals surface area contributed by atoms with Gasteiger partial charge in [0, 0.05) is 37.2 Å². The summed E-state index contributed by atoms with van der Waals surface area (Å²) in [4.78, 5) is 8.82. The molecule has 1 aliphatic rings. The molecule has 1 aromatic rings. The van der Waals surface area contributed by atoms with E-state index in [1.165, 1.54) is 24.3 Å². The number of hydrogen-bond donors (Lipinski definition) is 2. The number of ether oxygens (including phenoxy) is 1. The summed E-state index contributed by atoms with van der Waals surface area (Å²) >= 11 is 1.86. The minimum absolute atomic E-state index is 0. The number of methoxy groups -OCH3 is 1. The molecule has 0 spiro atoms. The van der Waals surface area contributed by atoms with Gasteiger partial charge in [-0.15, -0.1) is 35.3 Å². The third-order valence-electron chi connectivity index (χ3n) is 4.47. The van der Waals surface area contributed by atoms with Gasteiger partial charge in [0.05, 0.1) is 6.61 Å². The Hall–Kier alpha value is -0.380. The molecule has 144 valence electrons. The predicted octanol–water partition coefficient (Wildman–Crippen LogP) is 3.34. The highest BCUT2D eigenvalue weighted by atomic mass is 127. The zero-order valence-electron chi connectivity index (χ0n) is 15.8. The Kier molecular flexibility index (Phi) is 11.0. The fourth-order valence-corrected chi connectivity index (χ4v) is 4.40. The van der Waals surface area contributed by atoms with E-state index in [0.29, 0.717) is 18.6 Å². The number of halogens is 1. The highest BCUT2D eigenvalue weighted by molar-refractivity contribution is 14.0. The molecule has 2 heterocycles. The molecule has 0 aromatic carbocycles. The van der Waals surface area contributed by atoms with E-state index in [0.717, 1.165) is 19.0 Å². The van der Waals surface area contributed by atoms with E-state index in [1.807, 2.05) is 11.3 Å². The fourth-order valence-electron chi connectivity index (χ4n) is 3.41. The van der Waals surface area contributed by atoms with Crippen molar-refractivity contribution < 1.29 is 4.74 Å². The van der Waals surface area contributed by atoms with E-state index in [-0.39, 0.29) is 30.0 Å². The number of nitrogens with one attached hydrogen (secondary N) is 2. The van der Waals surface area contributed by atoms with Crippen LogP contribution in [0.3, 0.4) is 0 Å². The highest BCUT2D eigenvalue weighted by Crippen LogP contribution is 2.37. The molecule has 1 fully saturated rings. The van der Waals surface area contributed by atoms with E-state index < -0.39 is 0 Å². The van der Waals surface area contributed by atoms with Crippen molar-refractivity contribution in [3.63, 3.8) is 0 Å². The maximum atomic E-state index is 5.21. The molecule has 1 aliphatic heterocycles. The zero-order chi connectivity index (χ0) is 17.4. The maximum absolute atomic E-state index is 5.21. The largest absolute Gasteiger partial charge is 0.383 e. The Bertz CT molecular complexity index is 497. The first kappa shape index (κ1) is 22.7. The first-order chi connectivity index (χ1) is 11.7. The summed E-state index contributed by atoms with van der Waals surface area (Å²) in [5, 5.41) is 8.94. The summed E-state index contributed by atoms with van der Waals surface area (Å²) in [6.45, 7) is 7.77. The third-order valence-corrected chi connectivity index (χ3v) is 5.41. The molecule has 0 radical (unpaired) electrons. The zero-order valence-corrected chi connectivity index (χ0v) is 19.0. The van der Waals surface area contributed by atoms with Gasteiger partial charge >= 0.3 is 0 Å². The van der Waals surface area contributed by atoms with Crippen molar-refractivity contribution in [3.8, 4) is 0 Å². The number of rotatable bonds is 7. The van der Waals surface area contributed by atoms with E-state index in [2.05, 4.69) is 53.9 Å². The smallest absolute Gasteiger partial charge is 0.191 e. The number of likely N-dealkylation sites (tertiary alicyclic amines) is 1. The van der Waals surface area contributed by atoms with Crippen molar-refractivity contribution in [1.82, 2.24) is 15.5 Å². The standard InChI is InChI=1S/C18H32N4OS.HI/c1-5-19-18(21-14(2)13-23-4)20-12-15-8-6-10-22(3)17(15)16-9-7-11-24-16;/h7,9,11,14-15,17H,5-6,8,10,12-13H2,1-4H3,(H2,19,20,21);1H. The van der Waals surface area contributed by atoms with Crippen molar-refractivity contribution >= 4 is 41.3 Å². The molecular weight excluding hydrogens is 447 g/mol. The Morgan fingerprint density at radius 1 is 1.52 bits per heavy atom. The van der Waals surface area contributed by atoms with E-state index in [9.17, 15) is 0 Å². The van der Waals surface area contributed by atoms with Gasteiger partial charge in [0.25, 0.3) is 0 Å². The minimum Gasteiger partial charge on any atom is -0.383 e. The first-order valence-electron chi connectivity index (χ1n) is 8.93. The molecule has 2 rings (SSSR count). The van der Waals surface area contributed by atoms with Crippen LogP contribution in [0.1, 0.15) is 37.6 Å². The summed E-state index contributed by atoms with van der Waals surface area (Å²) in [7, 11) is 3.97. The van der Waals surface area contributed by atoms with Crippen LogP contribution in [0.4, 0.5) is 0 Å². The molecule has 5 nitrogen and oxygen atoms in total. The van der Waals surface area contributed by atoms with Crippen LogP contribution < -0.4 is 10.6 Å². The van der Waals surface area contributed by atoms with Crippen LogP contribution >= 0.6 is 35.3 Å². The molecule has 3 atom stereocenters. The van der Waals surface area contributed by atoms with E-state index >= 15 is 0 Å². The van der Waals surface area contributed by atoms with Gasteiger partial charge < -0.3 is 15.4 Å². The second-order valence-electron chi connectivity index (χ2n) is 6.56. The average molecular weight is 480 g/mol. The van der Waals surface area contributed by atoms with Gasteiger partial charge in [0.15, 0.2) is 5.96 Å². The fraction of sp³-hybridized carbons (Fsp3) is 0.722. The van der Waals surface area contributed by atoms with Crippen LogP contribution in [0, 0.1) is 5.92 Å². The Labute approximate surface area is 173 Å². The Balaban J connectivity index is 0.00000312. The average Bonchev–Trinajstić information content (AvgIpc) is 3.07. The Morgan fingerprint density at radius 3 is 2.96 bits per heavy atom. The highest BCUT2D eigenvalue weighted by Gasteiger charge is 2.31. The van der Waals surface area contributed by atoms with Gasteiger partial charge in [0.2, 0.25) is 0 Å². The normalized spacial score (nSPS) is 23.0. The third kappa shape index (κ3) is 7.03. The number of thiophene rings is 1. The van der Waals surface area contributed by atoms with Crippen LogP contribution in [0.15, 0.2) is 22.5 Å². The maximum Gasteiger partial charge on any atom is 0.191 e. The van der Waals surface area contributed by atoms with Gasteiger partial charge in [-0.25, -0.2) is 0 Å². The molecule has 2 N–H and O–H groups in total. The van der Waals surface area contributed by atoms with Crippen molar-refractivity contribution in [2.45, 2.75) is 38.8 Å². The van der Waals surface area contributed by atoms with Gasteiger partial charge in [-0.2, -0.15) is 0 Å². The SMILES string of the molecule is CCNC(=NCC1CCCN(C)C1c1cccs1)NC(C)COC.I. The van der Waals surface area contributed by atoms with Gasteiger partial charge in [-0.05, 0) is 57.6 Å². The van der Waals surface area contributed by atoms with Crippen molar-refractivity contribution in [2.24, 2.45) is 10.9 Å². The lowest BCUT2D eigenvalue weighted by atomic mass is 9.88. The van der Waals surface area contributed by atoms with Crippen molar-refractivity contribution in [2.75, 3.05) is 40.4 Å². The Morgan fingerprint density at radius 2 is 2.32 bits per heavy atom. The van der Waals surface area contributed by atoms with Crippen molar-refractivity contribution in [3.05, 3.63) is 22.4 Å². The lowest BCUT2D eigenvalue weighted by Crippen LogP contribution is -2.44. The minimum atomic E-state index is 0. The van der Waals surface area contributed by atoms with Crippen LogP contribution in [0.25, 0.3) is 0 Å². The van der Waals surface area contributed by atoms with Gasteiger partial charge in [-0.3, -0.25) is 9.89 Å². The van der Waals surface area contributed by atoms with Gasteiger partial charge in [-0.1, -0.05) is 6.07 Å². The number of piperidine rings is 1. The molecule has 1 saturated heterocycles. The van der Waals surface area contributed by atoms with Gasteiger partial charge in [0.1, 0.15) is 0 Å². The molecule has 0 amide bonds. The van der Waals surface area contributed by atoms with Crippen LogP contribution in [0.5, 0.6) is 0 Å². The van der Waals surface area contributed by atoms with Crippen LogP contribution in [-0.4, -0.2) is 57.3 Å². The van der Waals surface area contributed by atoms with Crippen LogP contribution in [0.2, 0.25) is 0 Å². The molecule has 0 aliphatic carbocycles. The molecule has 0 saturated carbocycles. The predicted molar refractivity (Wildman–Crippen MR) is 118 cm³/mol. The second-order valence-corrected chi connectivity index (χ2v) is 7.54. The number of aliphatic imine (C=N–C) groups is 1. The summed E-state index contributed by atoms with van der Waals surface area (Å²) in [5.41, 5.74) is 0. The quantitative estimate of drug-likeness (QED) is 0.357. The number of nitrogens with zero attached hydrogens (tertiary/aromatic N) is 2. The lowest BCUT2D eigenvalue weighted by molar-refractivity contribution is 0.128. The molecule has 1 aromatic heterocycles. The first-order valence-corrected chi connectivity index (χ1v) is 9.81. The summed E-state index contributed by atoms with van der Waals surface area (Å²) < 4.78 is 5.21. The summed E-state index contributed by atoms with van der Waals surface area (Å²) in [6, 6.07) is 5.15. The van der Waals surface area contributed by atoms with E-state index in [1.54, 1.807) is 7.11 Å². The monoisotopic (exact) mass is 480 g/mol. The molecule has 0 bridgehead atoms. The number of guanidine groups is 1. The number of hydrogen-bond acceptors (Lipinski definition) is 4. The second kappa shape index (κ2) is 12.1.